The number of rotatable bonds is 5. The maximum atomic E-state index is 12.7. The maximum Gasteiger partial charge on any atom is 0.224 e. The molecule has 0 aromatic heterocycles. The van der Waals surface area contributed by atoms with Gasteiger partial charge in [0, 0.05) is 38.2 Å². The SMILES string of the molecule is CCC1CCCCN1C(=O)CCN(C(C)=O)c1c(C)cccc1C. The Bertz CT molecular complexity index is 577. The molecule has 1 atom stereocenters. The molecular weight excluding hydrogens is 300 g/mol. The number of piperidine rings is 1. The number of hydrogen-bond acceptors (Lipinski definition) is 2. The number of amides is 2. The number of hydrogen-bond donors (Lipinski definition) is 0. The summed E-state index contributed by atoms with van der Waals surface area (Å²) in [7, 11) is 0. The number of para-hydroxylation sites is 1. The number of carbonyl (C=O) groups excluding carboxylic acids is 2. The Morgan fingerprint density at radius 3 is 2.46 bits per heavy atom. The fourth-order valence-corrected chi connectivity index (χ4v) is 3.76. The fraction of sp³-hybridized carbons (Fsp3) is 0.600. The smallest absolute Gasteiger partial charge is 0.224 e. The molecule has 1 heterocycles. The summed E-state index contributed by atoms with van der Waals surface area (Å²) in [6, 6.07) is 6.39. The highest BCUT2D eigenvalue weighted by molar-refractivity contribution is 5.94. The summed E-state index contributed by atoms with van der Waals surface area (Å²) in [6.07, 6.45) is 4.82. The Morgan fingerprint density at radius 2 is 1.88 bits per heavy atom. The van der Waals surface area contributed by atoms with Crippen molar-refractivity contribution >= 4 is 17.5 Å². The molecule has 0 bridgehead atoms. The molecule has 24 heavy (non-hydrogen) atoms. The number of likely N-dealkylation sites (tertiary alicyclic amines) is 1. The highest BCUT2D eigenvalue weighted by Crippen LogP contribution is 2.26. The van der Waals surface area contributed by atoms with Gasteiger partial charge in [-0.25, -0.2) is 0 Å². The Kier molecular flexibility index (Phi) is 6.41. The van der Waals surface area contributed by atoms with Crippen molar-refractivity contribution in [2.24, 2.45) is 0 Å². The predicted molar refractivity (Wildman–Crippen MR) is 98.2 cm³/mol. The van der Waals surface area contributed by atoms with Gasteiger partial charge in [0.1, 0.15) is 0 Å². The van der Waals surface area contributed by atoms with E-state index in [1.807, 2.05) is 36.9 Å². The molecule has 1 aromatic rings. The highest BCUT2D eigenvalue weighted by Gasteiger charge is 2.26. The lowest BCUT2D eigenvalue weighted by molar-refractivity contribution is -0.134. The van der Waals surface area contributed by atoms with E-state index in [-0.39, 0.29) is 11.8 Å². The van der Waals surface area contributed by atoms with E-state index in [1.165, 1.54) is 6.42 Å². The van der Waals surface area contributed by atoms with Gasteiger partial charge in [0.25, 0.3) is 0 Å². The van der Waals surface area contributed by atoms with Crippen LogP contribution in [0.15, 0.2) is 18.2 Å². The van der Waals surface area contributed by atoms with Crippen LogP contribution >= 0.6 is 0 Å². The Labute approximate surface area is 145 Å². The minimum absolute atomic E-state index is 0.00844. The fourth-order valence-electron chi connectivity index (χ4n) is 3.76. The van der Waals surface area contributed by atoms with E-state index in [0.717, 1.165) is 42.6 Å². The summed E-state index contributed by atoms with van der Waals surface area (Å²) < 4.78 is 0. The van der Waals surface area contributed by atoms with Gasteiger partial charge in [-0.3, -0.25) is 9.59 Å². The van der Waals surface area contributed by atoms with E-state index in [1.54, 1.807) is 11.8 Å². The van der Waals surface area contributed by atoms with E-state index < -0.39 is 0 Å². The van der Waals surface area contributed by atoms with Crippen LogP contribution in [0.5, 0.6) is 0 Å². The summed E-state index contributed by atoms with van der Waals surface area (Å²) in [5, 5.41) is 0. The monoisotopic (exact) mass is 330 g/mol. The molecule has 0 saturated carbocycles. The summed E-state index contributed by atoms with van der Waals surface area (Å²) in [4.78, 5) is 28.6. The average Bonchev–Trinajstić information content (AvgIpc) is 2.56. The van der Waals surface area contributed by atoms with Crippen molar-refractivity contribution in [3.05, 3.63) is 29.3 Å². The maximum absolute atomic E-state index is 12.7. The van der Waals surface area contributed by atoms with Gasteiger partial charge < -0.3 is 9.80 Å². The molecule has 1 aromatic carbocycles. The van der Waals surface area contributed by atoms with Crippen molar-refractivity contribution < 1.29 is 9.59 Å². The highest BCUT2D eigenvalue weighted by atomic mass is 16.2. The molecule has 2 rings (SSSR count). The first-order valence-corrected chi connectivity index (χ1v) is 9.09. The van der Waals surface area contributed by atoms with Gasteiger partial charge >= 0.3 is 0 Å². The molecule has 4 heteroatoms. The minimum atomic E-state index is -0.00844. The number of nitrogens with zero attached hydrogens (tertiary/aromatic N) is 2. The Morgan fingerprint density at radius 1 is 1.21 bits per heavy atom. The van der Waals surface area contributed by atoms with Crippen LogP contribution in [-0.2, 0) is 9.59 Å². The van der Waals surface area contributed by atoms with E-state index >= 15 is 0 Å². The van der Waals surface area contributed by atoms with E-state index in [9.17, 15) is 9.59 Å². The molecule has 1 aliphatic rings. The van der Waals surface area contributed by atoms with Gasteiger partial charge in [0.05, 0.1) is 0 Å². The Hall–Kier alpha value is -1.84. The lowest BCUT2D eigenvalue weighted by Gasteiger charge is -2.36. The van der Waals surface area contributed by atoms with E-state index in [0.29, 0.717) is 19.0 Å². The first-order valence-electron chi connectivity index (χ1n) is 9.09. The number of benzene rings is 1. The molecule has 2 amide bonds. The van der Waals surface area contributed by atoms with Gasteiger partial charge in [0.2, 0.25) is 11.8 Å². The number of carbonyl (C=O) groups is 2. The second-order valence-electron chi connectivity index (χ2n) is 6.81. The average molecular weight is 330 g/mol. The van der Waals surface area contributed by atoms with Crippen LogP contribution in [0.25, 0.3) is 0 Å². The third-order valence-corrected chi connectivity index (χ3v) is 5.06. The van der Waals surface area contributed by atoms with Crippen LogP contribution in [0.1, 0.15) is 57.1 Å². The summed E-state index contributed by atoms with van der Waals surface area (Å²) in [5.74, 6) is 0.171. The Balaban J connectivity index is 2.09. The van der Waals surface area contributed by atoms with Gasteiger partial charge in [-0.2, -0.15) is 0 Å². The first kappa shape index (κ1) is 18.5. The second-order valence-corrected chi connectivity index (χ2v) is 6.81. The van der Waals surface area contributed by atoms with Gasteiger partial charge in [-0.15, -0.1) is 0 Å². The van der Waals surface area contributed by atoms with E-state index in [2.05, 4.69) is 6.92 Å². The van der Waals surface area contributed by atoms with Crippen LogP contribution < -0.4 is 4.90 Å². The molecule has 4 nitrogen and oxygen atoms in total. The second kappa shape index (κ2) is 8.32. The molecule has 0 spiro atoms. The van der Waals surface area contributed by atoms with Crippen molar-refractivity contribution in [1.29, 1.82) is 0 Å². The van der Waals surface area contributed by atoms with Crippen molar-refractivity contribution in [2.45, 2.75) is 65.8 Å². The van der Waals surface area contributed by atoms with Gasteiger partial charge in [-0.05, 0) is 50.7 Å². The zero-order valence-corrected chi connectivity index (χ0v) is 15.5. The predicted octanol–water partition coefficient (Wildman–Crippen LogP) is 3.84. The van der Waals surface area contributed by atoms with Crippen LogP contribution in [-0.4, -0.2) is 35.8 Å². The largest absolute Gasteiger partial charge is 0.340 e. The number of anilines is 1. The normalized spacial score (nSPS) is 17.7. The summed E-state index contributed by atoms with van der Waals surface area (Å²) in [5.41, 5.74) is 3.09. The standard InChI is InChI=1S/C20H30N2O2/c1-5-18-11-6-7-13-22(18)19(24)12-14-21(17(4)23)20-15(2)9-8-10-16(20)3/h8-10,18H,5-7,11-14H2,1-4H3. The topological polar surface area (TPSA) is 40.6 Å². The molecule has 1 fully saturated rings. The molecule has 0 radical (unpaired) electrons. The molecule has 0 aliphatic carbocycles. The molecule has 1 saturated heterocycles. The van der Waals surface area contributed by atoms with Gasteiger partial charge in [-0.1, -0.05) is 25.1 Å². The van der Waals surface area contributed by atoms with Crippen LogP contribution in [0.2, 0.25) is 0 Å². The third-order valence-electron chi connectivity index (χ3n) is 5.06. The van der Waals surface area contributed by atoms with Crippen LogP contribution in [0.4, 0.5) is 5.69 Å². The van der Waals surface area contributed by atoms with Crippen molar-refractivity contribution in [2.75, 3.05) is 18.0 Å². The molecule has 0 N–H and O–H groups in total. The minimum Gasteiger partial charge on any atom is -0.340 e. The lowest BCUT2D eigenvalue weighted by Crippen LogP contribution is -2.44. The molecule has 1 aliphatic heterocycles. The van der Waals surface area contributed by atoms with Gasteiger partial charge in [0.15, 0.2) is 0 Å². The third kappa shape index (κ3) is 4.16. The van der Waals surface area contributed by atoms with E-state index in [4.69, 9.17) is 0 Å². The zero-order valence-electron chi connectivity index (χ0n) is 15.5. The van der Waals surface area contributed by atoms with Crippen LogP contribution in [0, 0.1) is 13.8 Å². The van der Waals surface area contributed by atoms with Crippen LogP contribution in [0.3, 0.4) is 0 Å². The van der Waals surface area contributed by atoms with Crippen molar-refractivity contribution in [1.82, 2.24) is 4.90 Å². The lowest BCUT2D eigenvalue weighted by atomic mass is 9.99. The van der Waals surface area contributed by atoms with Crippen molar-refractivity contribution in [3.8, 4) is 0 Å². The zero-order chi connectivity index (χ0) is 17.7. The molecule has 132 valence electrons. The quantitative estimate of drug-likeness (QED) is 0.823. The summed E-state index contributed by atoms with van der Waals surface area (Å²) in [6.45, 7) is 9.06. The summed E-state index contributed by atoms with van der Waals surface area (Å²) >= 11 is 0. The van der Waals surface area contributed by atoms with Crippen molar-refractivity contribution in [3.63, 3.8) is 0 Å². The first-order chi connectivity index (χ1) is 11.5. The molecule has 1 unspecified atom stereocenters. The molecular formula is C20H30N2O2. The number of aryl methyl sites for hydroxylation is 2.